The fraction of sp³-hybridized carbons (Fsp3) is 0.150. The first-order chi connectivity index (χ1) is 15.1. The van der Waals surface area contributed by atoms with Crippen LogP contribution in [0.3, 0.4) is 0 Å². The number of thiazole rings is 1. The molecule has 0 saturated carbocycles. The molecule has 4 rings (SSSR count). The number of pyridine rings is 1. The van der Waals surface area contributed by atoms with Gasteiger partial charge in [0.25, 0.3) is 10.0 Å². The van der Waals surface area contributed by atoms with Crippen LogP contribution in [-0.2, 0) is 22.6 Å². The van der Waals surface area contributed by atoms with Crippen LogP contribution in [0.25, 0.3) is 27.4 Å². The van der Waals surface area contributed by atoms with Crippen molar-refractivity contribution in [1.29, 1.82) is 0 Å². The van der Waals surface area contributed by atoms with Crippen LogP contribution in [0.5, 0.6) is 0 Å². The van der Waals surface area contributed by atoms with Gasteiger partial charge in [0.1, 0.15) is 0 Å². The number of alkyl halides is 3. The van der Waals surface area contributed by atoms with Gasteiger partial charge in [0.15, 0.2) is 10.7 Å². The fourth-order valence-corrected chi connectivity index (χ4v) is 4.40. The van der Waals surface area contributed by atoms with Gasteiger partial charge in [0.2, 0.25) is 0 Å². The van der Waals surface area contributed by atoms with Crippen LogP contribution in [0.2, 0.25) is 0 Å². The number of hydrogen-bond acceptors (Lipinski definition) is 6. The van der Waals surface area contributed by atoms with Crippen molar-refractivity contribution in [3.8, 4) is 27.4 Å². The van der Waals surface area contributed by atoms with E-state index in [9.17, 15) is 21.6 Å². The third kappa shape index (κ3) is 4.93. The quantitative estimate of drug-likeness (QED) is 0.414. The minimum atomic E-state index is -4.66. The standard InChI is InChI=1S/C20H16F3N5O2S2.ClH/c1-2-15-18(13-5-3-12(4-6-13)16-10-25-11-31-16)28(27-19(15)20(21,22)23)14-7-8-17(26-9-14)32(24,29)30;/h3-11H,2H2,1H3,(H2,24,29,30);1H. The molecule has 1 aromatic carbocycles. The van der Waals surface area contributed by atoms with Gasteiger partial charge >= 0.3 is 6.18 Å². The summed E-state index contributed by atoms with van der Waals surface area (Å²) in [4.78, 5) is 8.74. The third-order valence-electron chi connectivity index (χ3n) is 4.74. The number of sulfonamides is 1. The number of halogens is 4. The summed E-state index contributed by atoms with van der Waals surface area (Å²) in [5.74, 6) is 0. The van der Waals surface area contributed by atoms with E-state index in [4.69, 9.17) is 5.14 Å². The summed E-state index contributed by atoms with van der Waals surface area (Å²) in [5.41, 5.74) is 2.55. The lowest BCUT2D eigenvalue weighted by Crippen LogP contribution is -2.14. The van der Waals surface area contributed by atoms with Gasteiger partial charge in [-0.25, -0.2) is 23.2 Å². The molecule has 0 amide bonds. The van der Waals surface area contributed by atoms with E-state index in [1.165, 1.54) is 17.4 Å². The fourth-order valence-electron chi connectivity index (χ4n) is 3.31. The molecule has 4 aromatic rings. The highest BCUT2D eigenvalue weighted by Gasteiger charge is 2.39. The van der Waals surface area contributed by atoms with E-state index in [2.05, 4.69) is 15.1 Å². The van der Waals surface area contributed by atoms with E-state index in [0.29, 0.717) is 5.56 Å². The number of primary sulfonamides is 1. The topological polar surface area (TPSA) is 104 Å². The van der Waals surface area contributed by atoms with Crippen molar-refractivity contribution in [3.63, 3.8) is 0 Å². The monoisotopic (exact) mass is 515 g/mol. The first-order valence-corrected chi connectivity index (χ1v) is 11.7. The Morgan fingerprint density at radius 3 is 2.21 bits per heavy atom. The molecule has 0 radical (unpaired) electrons. The van der Waals surface area contributed by atoms with Crippen LogP contribution in [0.1, 0.15) is 18.2 Å². The first kappa shape index (κ1) is 24.8. The van der Waals surface area contributed by atoms with Gasteiger partial charge in [-0.15, -0.1) is 23.7 Å². The molecule has 13 heteroatoms. The summed E-state index contributed by atoms with van der Waals surface area (Å²) < 4.78 is 65.3. The Morgan fingerprint density at radius 1 is 1.06 bits per heavy atom. The van der Waals surface area contributed by atoms with Crippen LogP contribution in [0.4, 0.5) is 13.2 Å². The molecule has 0 aliphatic rings. The van der Waals surface area contributed by atoms with Crippen molar-refractivity contribution in [3.05, 3.63) is 65.6 Å². The van der Waals surface area contributed by atoms with Crippen molar-refractivity contribution in [2.75, 3.05) is 0 Å². The molecule has 174 valence electrons. The SMILES string of the molecule is CCc1c(C(F)(F)F)nn(-c2ccc(S(N)(=O)=O)nc2)c1-c1ccc(-c2cncs2)cc1.Cl. The summed E-state index contributed by atoms with van der Waals surface area (Å²) >= 11 is 1.45. The van der Waals surface area contributed by atoms with Crippen LogP contribution in [0, 0.1) is 0 Å². The van der Waals surface area contributed by atoms with Gasteiger partial charge in [-0.05, 0) is 24.1 Å². The molecule has 3 aromatic heterocycles. The molecule has 0 saturated heterocycles. The van der Waals surface area contributed by atoms with Crippen molar-refractivity contribution < 1.29 is 21.6 Å². The zero-order chi connectivity index (χ0) is 23.1. The Bertz CT molecular complexity index is 1350. The van der Waals surface area contributed by atoms with E-state index in [1.807, 2.05) is 0 Å². The smallest absolute Gasteiger partial charge is 0.252 e. The van der Waals surface area contributed by atoms with E-state index in [1.54, 1.807) is 42.9 Å². The molecule has 0 aliphatic heterocycles. The number of aromatic nitrogens is 4. The van der Waals surface area contributed by atoms with Crippen molar-refractivity contribution in [2.24, 2.45) is 5.14 Å². The van der Waals surface area contributed by atoms with Crippen LogP contribution >= 0.6 is 23.7 Å². The predicted octanol–water partition coefficient (Wildman–Crippen LogP) is 4.71. The molecular weight excluding hydrogens is 499 g/mol. The molecule has 0 unspecified atom stereocenters. The van der Waals surface area contributed by atoms with E-state index >= 15 is 0 Å². The minimum Gasteiger partial charge on any atom is -0.252 e. The number of nitrogens with zero attached hydrogens (tertiary/aromatic N) is 4. The van der Waals surface area contributed by atoms with Crippen molar-refractivity contribution in [2.45, 2.75) is 24.5 Å². The zero-order valence-corrected chi connectivity index (χ0v) is 19.4. The second-order valence-electron chi connectivity index (χ2n) is 6.78. The maximum Gasteiger partial charge on any atom is 0.435 e. The molecule has 0 spiro atoms. The third-order valence-corrected chi connectivity index (χ3v) is 6.38. The van der Waals surface area contributed by atoms with Gasteiger partial charge in [-0.1, -0.05) is 31.2 Å². The maximum atomic E-state index is 13.7. The highest BCUT2D eigenvalue weighted by molar-refractivity contribution is 7.89. The van der Waals surface area contributed by atoms with Crippen molar-refractivity contribution >= 4 is 33.8 Å². The lowest BCUT2D eigenvalue weighted by Gasteiger charge is -2.10. The second kappa shape index (κ2) is 9.21. The van der Waals surface area contributed by atoms with Gasteiger partial charge in [-0.2, -0.15) is 18.3 Å². The summed E-state index contributed by atoms with van der Waals surface area (Å²) in [6.45, 7) is 1.62. The molecular formula is C20H17ClF3N5O2S2. The van der Waals surface area contributed by atoms with Crippen LogP contribution < -0.4 is 5.14 Å². The Balaban J connectivity index is 0.00000306. The Morgan fingerprint density at radius 2 is 1.73 bits per heavy atom. The summed E-state index contributed by atoms with van der Waals surface area (Å²) in [5, 5.41) is 8.50. The zero-order valence-electron chi connectivity index (χ0n) is 16.9. The Hall–Kier alpha value is -2.80. The maximum absolute atomic E-state index is 13.7. The number of hydrogen-bond donors (Lipinski definition) is 1. The number of rotatable bonds is 5. The molecule has 0 aliphatic carbocycles. The van der Waals surface area contributed by atoms with E-state index in [0.717, 1.165) is 27.4 Å². The van der Waals surface area contributed by atoms with Crippen LogP contribution in [0.15, 0.2) is 59.3 Å². The summed E-state index contributed by atoms with van der Waals surface area (Å²) in [7, 11) is -4.05. The second-order valence-corrected chi connectivity index (χ2v) is 9.18. The Kier molecular flexibility index (Phi) is 6.93. The molecule has 0 fully saturated rings. The van der Waals surface area contributed by atoms with E-state index in [-0.39, 0.29) is 35.8 Å². The molecule has 2 N–H and O–H groups in total. The normalized spacial score (nSPS) is 11.9. The largest absolute Gasteiger partial charge is 0.435 e. The molecule has 0 atom stereocenters. The minimum absolute atomic E-state index is 0. The summed E-state index contributed by atoms with van der Waals surface area (Å²) in [6.07, 6.45) is -1.74. The number of nitrogens with two attached hydrogens (primary N) is 1. The lowest BCUT2D eigenvalue weighted by molar-refractivity contribution is -0.141. The summed E-state index contributed by atoms with van der Waals surface area (Å²) in [6, 6.07) is 9.48. The molecule has 33 heavy (non-hydrogen) atoms. The van der Waals surface area contributed by atoms with Gasteiger partial charge in [0, 0.05) is 17.3 Å². The number of benzene rings is 1. The molecule has 0 bridgehead atoms. The highest BCUT2D eigenvalue weighted by atomic mass is 35.5. The highest BCUT2D eigenvalue weighted by Crippen LogP contribution is 2.38. The molecule has 7 nitrogen and oxygen atoms in total. The average molecular weight is 516 g/mol. The van der Waals surface area contributed by atoms with Gasteiger partial charge in [0.05, 0.1) is 28.0 Å². The van der Waals surface area contributed by atoms with Gasteiger partial charge in [-0.3, -0.25) is 4.98 Å². The lowest BCUT2D eigenvalue weighted by atomic mass is 10.0. The molecule has 3 heterocycles. The van der Waals surface area contributed by atoms with Gasteiger partial charge < -0.3 is 0 Å². The van der Waals surface area contributed by atoms with E-state index < -0.39 is 26.9 Å². The average Bonchev–Trinajstić information content (AvgIpc) is 3.41. The predicted molar refractivity (Wildman–Crippen MR) is 121 cm³/mol. The van der Waals surface area contributed by atoms with Crippen LogP contribution in [-0.4, -0.2) is 28.2 Å². The Labute approximate surface area is 197 Å². The van der Waals surface area contributed by atoms with Crippen molar-refractivity contribution in [1.82, 2.24) is 19.7 Å². The first-order valence-electron chi connectivity index (χ1n) is 9.27.